The van der Waals surface area contributed by atoms with Crippen LogP contribution in [0.3, 0.4) is 0 Å². The number of Topliss-reactive ketones (excluding diaryl/α,β-unsaturated/α-hetero) is 1. The SMILES string of the molecule is O=C1CCCC/C1=C/c1ccccc1[N+](=O)[O-]. The molecule has 0 bridgehead atoms. The van der Waals surface area contributed by atoms with Gasteiger partial charge in [0.2, 0.25) is 0 Å². The van der Waals surface area contributed by atoms with Gasteiger partial charge in [0.15, 0.2) is 5.78 Å². The Morgan fingerprint density at radius 2 is 1.88 bits per heavy atom. The Kier molecular flexibility index (Phi) is 3.32. The van der Waals surface area contributed by atoms with Gasteiger partial charge in [-0.3, -0.25) is 14.9 Å². The molecule has 1 aromatic carbocycles. The second-order valence-electron chi connectivity index (χ2n) is 4.12. The molecular weight excluding hydrogens is 218 g/mol. The summed E-state index contributed by atoms with van der Waals surface area (Å²) in [6.45, 7) is 0. The quantitative estimate of drug-likeness (QED) is 0.446. The average molecular weight is 231 g/mol. The number of rotatable bonds is 2. The van der Waals surface area contributed by atoms with Crippen molar-refractivity contribution in [1.29, 1.82) is 0 Å². The van der Waals surface area contributed by atoms with E-state index in [2.05, 4.69) is 0 Å². The number of nitrogens with zero attached hydrogens (tertiary/aromatic N) is 1. The molecule has 0 atom stereocenters. The molecule has 1 aliphatic carbocycles. The van der Waals surface area contributed by atoms with Gasteiger partial charge in [-0.05, 0) is 37.0 Å². The molecule has 1 saturated carbocycles. The molecule has 0 saturated heterocycles. The summed E-state index contributed by atoms with van der Waals surface area (Å²) in [7, 11) is 0. The molecule has 0 amide bonds. The zero-order valence-electron chi connectivity index (χ0n) is 9.39. The van der Waals surface area contributed by atoms with Gasteiger partial charge in [-0.15, -0.1) is 0 Å². The van der Waals surface area contributed by atoms with E-state index in [0.717, 1.165) is 19.3 Å². The summed E-state index contributed by atoms with van der Waals surface area (Å²) >= 11 is 0. The number of para-hydroxylation sites is 1. The van der Waals surface area contributed by atoms with E-state index in [9.17, 15) is 14.9 Å². The van der Waals surface area contributed by atoms with Crippen LogP contribution < -0.4 is 0 Å². The van der Waals surface area contributed by atoms with E-state index in [1.165, 1.54) is 6.07 Å². The van der Waals surface area contributed by atoms with Crippen LogP contribution in [0.5, 0.6) is 0 Å². The predicted molar refractivity (Wildman–Crippen MR) is 64.5 cm³/mol. The lowest BCUT2D eigenvalue weighted by Crippen LogP contribution is -2.08. The molecule has 88 valence electrons. The predicted octanol–water partition coefficient (Wildman–Crippen LogP) is 3.12. The second-order valence-corrected chi connectivity index (χ2v) is 4.12. The van der Waals surface area contributed by atoms with Crippen LogP contribution in [-0.4, -0.2) is 10.7 Å². The molecule has 0 aliphatic heterocycles. The Balaban J connectivity index is 2.37. The Bertz CT molecular complexity index is 491. The van der Waals surface area contributed by atoms with Crippen LogP contribution in [0, 0.1) is 10.1 Å². The standard InChI is InChI=1S/C13H13NO3/c15-13-8-4-2-6-11(13)9-10-5-1-3-7-12(10)14(16)17/h1,3,5,7,9H,2,4,6,8H2/b11-9-. The number of carbonyl (C=O) groups is 1. The molecule has 0 unspecified atom stereocenters. The van der Waals surface area contributed by atoms with Crippen LogP contribution in [0.1, 0.15) is 31.2 Å². The molecule has 0 aromatic heterocycles. The number of nitro groups is 1. The molecule has 0 radical (unpaired) electrons. The first-order valence-electron chi connectivity index (χ1n) is 5.65. The maximum absolute atomic E-state index is 11.6. The summed E-state index contributed by atoms with van der Waals surface area (Å²) in [5, 5.41) is 10.8. The monoisotopic (exact) mass is 231 g/mol. The van der Waals surface area contributed by atoms with Crippen molar-refractivity contribution in [2.24, 2.45) is 0 Å². The van der Waals surface area contributed by atoms with Crippen molar-refractivity contribution in [2.45, 2.75) is 25.7 Å². The first-order chi connectivity index (χ1) is 8.18. The molecule has 0 N–H and O–H groups in total. The number of hydrogen-bond acceptors (Lipinski definition) is 3. The third-order valence-electron chi connectivity index (χ3n) is 2.92. The van der Waals surface area contributed by atoms with Crippen molar-refractivity contribution in [1.82, 2.24) is 0 Å². The minimum atomic E-state index is -0.417. The van der Waals surface area contributed by atoms with Gasteiger partial charge in [-0.25, -0.2) is 0 Å². The zero-order valence-corrected chi connectivity index (χ0v) is 9.39. The van der Waals surface area contributed by atoms with Crippen molar-refractivity contribution >= 4 is 17.5 Å². The highest BCUT2D eigenvalue weighted by Crippen LogP contribution is 2.26. The number of hydrogen-bond donors (Lipinski definition) is 0. The molecule has 4 heteroatoms. The van der Waals surface area contributed by atoms with Crippen LogP contribution in [0.15, 0.2) is 29.8 Å². The van der Waals surface area contributed by atoms with Crippen LogP contribution >= 0.6 is 0 Å². The highest BCUT2D eigenvalue weighted by atomic mass is 16.6. The first-order valence-corrected chi connectivity index (χ1v) is 5.65. The van der Waals surface area contributed by atoms with Crippen molar-refractivity contribution < 1.29 is 9.72 Å². The van der Waals surface area contributed by atoms with E-state index >= 15 is 0 Å². The van der Waals surface area contributed by atoms with Crippen molar-refractivity contribution in [3.63, 3.8) is 0 Å². The van der Waals surface area contributed by atoms with Gasteiger partial charge in [0, 0.05) is 12.5 Å². The van der Waals surface area contributed by atoms with Gasteiger partial charge in [-0.1, -0.05) is 12.1 Å². The van der Waals surface area contributed by atoms with E-state index in [-0.39, 0.29) is 11.5 Å². The highest BCUT2D eigenvalue weighted by Gasteiger charge is 2.17. The van der Waals surface area contributed by atoms with Crippen molar-refractivity contribution in [3.8, 4) is 0 Å². The zero-order chi connectivity index (χ0) is 12.3. The van der Waals surface area contributed by atoms with E-state index in [1.54, 1.807) is 24.3 Å². The fraction of sp³-hybridized carbons (Fsp3) is 0.308. The number of nitro benzene ring substituents is 1. The Morgan fingerprint density at radius 3 is 2.59 bits per heavy atom. The molecule has 17 heavy (non-hydrogen) atoms. The lowest BCUT2D eigenvalue weighted by Gasteiger charge is -2.12. The van der Waals surface area contributed by atoms with Gasteiger partial charge >= 0.3 is 0 Å². The van der Waals surface area contributed by atoms with E-state index < -0.39 is 4.92 Å². The highest BCUT2D eigenvalue weighted by molar-refractivity contribution is 6.00. The molecular formula is C13H13NO3. The summed E-state index contributed by atoms with van der Waals surface area (Å²) in [6.07, 6.45) is 4.86. The fourth-order valence-electron chi connectivity index (χ4n) is 2.02. The van der Waals surface area contributed by atoms with Gasteiger partial charge in [0.25, 0.3) is 5.69 Å². The summed E-state index contributed by atoms with van der Waals surface area (Å²) in [5.74, 6) is 0.120. The maximum Gasteiger partial charge on any atom is 0.276 e. The molecule has 1 aliphatic rings. The largest absolute Gasteiger partial charge is 0.295 e. The number of allylic oxidation sites excluding steroid dienone is 1. The topological polar surface area (TPSA) is 60.2 Å². The summed E-state index contributed by atoms with van der Waals surface area (Å²) in [5.41, 5.74) is 1.28. The maximum atomic E-state index is 11.6. The first kappa shape index (κ1) is 11.5. The number of carbonyl (C=O) groups excluding carboxylic acids is 1. The van der Waals surface area contributed by atoms with E-state index in [0.29, 0.717) is 17.6 Å². The smallest absolute Gasteiger partial charge is 0.276 e. The normalized spacial score (nSPS) is 18.4. The molecule has 0 heterocycles. The van der Waals surface area contributed by atoms with Gasteiger partial charge in [0.1, 0.15) is 0 Å². The van der Waals surface area contributed by atoms with Crippen LogP contribution in [-0.2, 0) is 4.79 Å². The van der Waals surface area contributed by atoms with E-state index in [4.69, 9.17) is 0 Å². The van der Waals surface area contributed by atoms with E-state index in [1.807, 2.05) is 0 Å². The number of ketones is 1. The van der Waals surface area contributed by atoms with Crippen LogP contribution in [0.4, 0.5) is 5.69 Å². The van der Waals surface area contributed by atoms with Gasteiger partial charge < -0.3 is 0 Å². The Morgan fingerprint density at radius 1 is 1.18 bits per heavy atom. The van der Waals surface area contributed by atoms with Crippen molar-refractivity contribution in [3.05, 3.63) is 45.5 Å². The minimum absolute atomic E-state index is 0.0540. The minimum Gasteiger partial charge on any atom is -0.295 e. The summed E-state index contributed by atoms with van der Waals surface area (Å²) in [6, 6.07) is 6.50. The average Bonchev–Trinajstić information content (AvgIpc) is 2.32. The lowest BCUT2D eigenvalue weighted by atomic mass is 9.92. The molecule has 1 fully saturated rings. The third kappa shape index (κ3) is 2.58. The Hall–Kier alpha value is -1.97. The molecule has 0 spiro atoms. The van der Waals surface area contributed by atoms with Gasteiger partial charge in [0.05, 0.1) is 10.5 Å². The third-order valence-corrected chi connectivity index (χ3v) is 2.92. The molecule has 1 aromatic rings. The second kappa shape index (κ2) is 4.91. The van der Waals surface area contributed by atoms with Crippen molar-refractivity contribution in [2.75, 3.05) is 0 Å². The Labute approximate surface area is 99.1 Å². The molecule has 2 rings (SSSR count). The summed E-state index contributed by atoms with van der Waals surface area (Å²) in [4.78, 5) is 22.1. The summed E-state index contributed by atoms with van der Waals surface area (Å²) < 4.78 is 0. The fourth-order valence-corrected chi connectivity index (χ4v) is 2.02. The van der Waals surface area contributed by atoms with Crippen LogP contribution in [0.2, 0.25) is 0 Å². The molecule has 4 nitrogen and oxygen atoms in total. The number of benzene rings is 1. The van der Waals surface area contributed by atoms with Gasteiger partial charge in [-0.2, -0.15) is 0 Å². The lowest BCUT2D eigenvalue weighted by molar-refractivity contribution is -0.385. The van der Waals surface area contributed by atoms with Crippen LogP contribution in [0.25, 0.3) is 6.08 Å².